The number of carbonyl (C=O) groups excluding carboxylic acids is 1. The Bertz CT molecular complexity index is 1170. The van der Waals surface area contributed by atoms with Crippen LogP contribution in [0.2, 0.25) is 0 Å². The summed E-state index contributed by atoms with van der Waals surface area (Å²) in [6, 6.07) is 19.3. The van der Waals surface area contributed by atoms with Crippen LogP contribution in [0.3, 0.4) is 0 Å². The summed E-state index contributed by atoms with van der Waals surface area (Å²) < 4.78 is 0. The summed E-state index contributed by atoms with van der Waals surface area (Å²) in [5, 5.41) is 24.3. The van der Waals surface area contributed by atoms with E-state index in [4.69, 9.17) is 0 Å². The molecule has 0 unspecified atom stereocenters. The minimum absolute atomic E-state index is 0.0240. The first-order valence-electron chi connectivity index (χ1n) is 7.99. The molecule has 132 valence electrons. The molecule has 0 radical (unpaired) electrons. The predicted molar refractivity (Wildman–Crippen MR) is 104 cm³/mol. The molecule has 0 bridgehead atoms. The molecule has 0 aliphatic carbocycles. The predicted octanol–water partition coefficient (Wildman–Crippen LogP) is 4.52. The van der Waals surface area contributed by atoms with Crippen LogP contribution in [0.1, 0.15) is 10.4 Å². The number of rotatable bonds is 4. The fourth-order valence-electron chi connectivity index (χ4n) is 2.73. The van der Waals surface area contributed by atoms with Gasteiger partial charge >= 0.3 is 0 Å². The van der Waals surface area contributed by atoms with Gasteiger partial charge in [0.05, 0.1) is 4.92 Å². The number of hydrogen-bond acceptors (Lipinski definition) is 6. The molecule has 3 aromatic carbocycles. The summed E-state index contributed by atoms with van der Waals surface area (Å²) in [5.41, 5.74) is 1.09. The van der Waals surface area contributed by atoms with E-state index in [1.807, 2.05) is 36.4 Å². The fraction of sp³-hybridized carbons (Fsp3) is 0. The topological polar surface area (TPSA) is 98.0 Å². The van der Waals surface area contributed by atoms with Gasteiger partial charge in [-0.25, -0.2) is 0 Å². The molecular formula is C19H12N4O3S. The third kappa shape index (κ3) is 3.38. The highest BCUT2D eigenvalue weighted by Gasteiger charge is 2.15. The van der Waals surface area contributed by atoms with Gasteiger partial charge in [-0.15, -0.1) is 10.2 Å². The number of fused-ring (bicyclic) bond motifs is 1. The van der Waals surface area contributed by atoms with E-state index in [1.165, 1.54) is 12.1 Å². The Morgan fingerprint density at radius 1 is 1.00 bits per heavy atom. The van der Waals surface area contributed by atoms with Crippen LogP contribution in [0.5, 0.6) is 0 Å². The van der Waals surface area contributed by atoms with Crippen LogP contribution in [0.25, 0.3) is 21.3 Å². The second-order valence-corrected chi connectivity index (χ2v) is 6.68. The molecule has 1 heterocycles. The van der Waals surface area contributed by atoms with Gasteiger partial charge in [-0.05, 0) is 16.8 Å². The lowest BCUT2D eigenvalue weighted by atomic mass is 10.0. The minimum Gasteiger partial charge on any atom is -0.296 e. The van der Waals surface area contributed by atoms with Gasteiger partial charge in [-0.2, -0.15) is 0 Å². The molecule has 7 nitrogen and oxygen atoms in total. The highest BCUT2D eigenvalue weighted by molar-refractivity contribution is 7.18. The summed E-state index contributed by atoms with van der Waals surface area (Å²) in [5.74, 6) is -0.284. The average Bonchev–Trinajstić information content (AvgIpc) is 3.16. The van der Waals surface area contributed by atoms with E-state index in [-0.39, 0.29) is 11.6 Å². The number of non-ortho nitro benzene ring substituents is 1. The van der Waals surface area contributed by atoms with E-state index in [2.05, 4.69) is 15.5 Å². The first-order chi connectivity index (χ1) is 13.1. The highest BCUT2D eigenvalue weighted by Crippen LogP contribution is 2.29. The summed E-state index contributed by atoms with van der Waals surface area (Å²) in [4.78, 5) is 23.1. The number of carbonyl (C=O) groups is 1. The van der Waals surface area contributed by atoms with Crippen molar-refractivity contribution in [1.29, 1.82) is 0 Å². The molecule has 0 aliphatic heterocycles. The van der Waals surface area contributed by atoms with Crippen molar-refractivity contribution in [2.45, 2.75) is 0 Å². The summed E-state index contributed by atoms with van der Waals surface area (Å²) in [7, 11) is 0. The van der Waals surface area contributed by atoms with Crippen molar-refractivity contribution in [3.05, 3.63) is 82.4 Å². The molecule has 4 aromatic rings. The van der Waals surface area contributed by atoms with Crippen molar-refractivity contribution in [3.63, 3.8) is 0 Å². The summed E-state index contributed by atoms with van der Waals surface area (Å²) >= 11 is 1.16. The van der Waals surface area contributed by atoms with Gasteiger partial charge in [-0.1, -0.05) is 59.9 Å². The molecule has 1 amide bonds. The van der Waals surface area contributed by atoms with Gasteiger partial charge in [0.25, 0.3) is 11.6 Å². The molecule has 0 atom stereocenters. The number of nitrogens with zero attached hydrogens (tertiary/aromatic N) is 3. The van der Waals surface area contributed by atoms with Gasteiger partial charge in [0.15, 0.2) is 0 Å². The lowest BCUT2D eigenvalue weighted by Crippen LogP contribution is -2.12. The van der Waals surface area contributed by atoms with E-state index in [9.17, 15) is 14.9 Å². The van der Waals surface area contributed by atoms with Gasteiger partial charge in [0.2, 0.25) is 5.13 Å². The monoisotopic (exact) mass is 376 g/mol. The number of anilines is 1. The zero-order chi connectivity index (χ0) is 18.8. The quantitative estimate of drug-likeness (QED) is 0.417. The van der Waals surface area contributed by atoms with Crippen molar-refractivity contribution in [2.24, 2.45) is 0 Å². The second kappa shape index (κ2) is 6.93. The van der Waals surface area contributed by atoms with Gasteiger partial charge in [-0.3, -0.25) is 20.2 Å². The molecule has 0 saturated heterocycles. The first-order valence-corrected chi connectivity index (χ1v) is 8.81. The Hall–Kier alpha value is -3.65. The average molecular weight is 376 g/mol. The number of nitrogens with one attached hydrogen (secondary N) is 1. The number of nitro groups is 1. The summed E-state index contributed by atoms with van der Waals surface area (Å²) in [6.07, 6.45) is 0. The smallest absolute Gasteiger partial charge is 0.270 e. The number of aromatic nitrogens is 2. The molecule has 0 aliphatic rings. The number of nitro benzene ring substituents is 1. The molecular weight excluding hydrogens is 364 g/mol. The largest absolute Gasteiger partial charge is 0.296 e. The third-order valence-corrected chi connectivity index (χ3v) is 4.87. The van der Waals surface area contributed by atoms with Crippen LogP contribution >= 0.6 is 11.3 Å². The Morgan fingerprint density at radius 2 is 1.78 bits per heavy atom. The maximum atomic E-state index is 12.7. The Labute approximate surface area is 157 Å². The van der Waals surface area contributed by atoms with Crippen LogP contribution in [0, 0.1) is 10.1 Å². The van der Waals surface area contributed by atoms with E-state index in [0.29, 0.717) is 21.3 Å². The molecule has 8 heteroatoms. The Morgan fingerprint density at radius 3 is 2.63 bits per heavy atom. The molecule has 1 N–H and O–H groups in total. The van der Waals surface area contributed by atoms with Crippen LogP contribution in [0.4, 0.5) is 10.8 Å². The van der Waals surface area contributed by atoms with Crippen LogP contribution in [-0.2, 0) is 0 Å². The molecule has 1 aromatic heterocycles. The molecule has 0 spiro atoms. The van der Waals surface area contributed by atoms with Crippen molar-refractivity contribution in [1.82, 2.24) is 10.2 Å². The van der Waals surface area contributed by atoms with Crippen molar-refractivity contribution >= 4 is 38.8 Å². The lowest BCUT2D eigenvalue weighted by molar-refractivity contribution is -0.384. The van der Waals surface area contributed by atoms with E-state index >= 15 is 0 Å². The zero-order valence-corrected chi connectivity index (χ0v) is 14.6. The van der Waals surface area contributed by atoms with Crippen molar-refractivity contribution < 1.29 is 9.72 Å². The van der Waals surface area contributed by atoms with Crippen LogP contribution in [0.15, 0.2) is 66.7 Å². The molecule has 0 saturated carbocycles. The standard InChI is InChI=1S/C19H12N4O3S/c24-17(16-10-4-6-12-5-1-2-9-15(12)16)20-19-22-21-18(27-19)13-7-3-8-14(11-13)23(25)26/h1-11H,(H,20,22,24). The van der Waals surface area contributed by atoms with E-state index in [0.717, 1.165) is 22.1 Å². The highest BCUT2D eigenvalue weighted by atomic mass is 32.1. The lowest BCUT2D eigenvalue weighted by Gasteiger charge is -2.05. The first kappa shape index (κ1) is 16.8. The normalized spacial score (nSPS) is 10.7. The van der Waals surface area contributed by atoms with Crippen LogP contribution < -0.4 is 5.32 Å². The summed E-state index contributed by atoms with van der Waals surface area (Å²) in [6.45, 7) is 0. The number of amides is 1. The van der Waals surface area contributed by atoms with Crippen molar-refractivity contribution in [3.8, 4) is 10.6 Å². The zero-order valence-electron chi connectivity index (χ0n) is 13.8. The second-order valence-electron chi connectivity index (χ2n) is 5.70. The Balaban J connectivity index is 1.60. The number of hydrogen-bond donors (Lipinski definition) is 1. The molecule has 4 rings (SSSR count). The van der Waals surface area contributed by atoms with Crippen molar-refractivity contribution in [2.75, 3.05) is 5.32 Å². The number of benzene rings is 3. The van der Waals surface area contributed by atoms with Gasteiger partial charge in [0.1, 0.15) is 5.01 Å². The Kier molecular flexibility index (Phi) is 4.31. The van der Waals surface area contributed by atoms with E-state index in [1.54, 1.807) is 18.2 Å². The molecule has 27 heavy (non-hydrogen) atoms. The SMILES string of the molecule is O=C(Nc1nnc(-c2cccc([N+](=O)[O-])c2)s1)c1cccc2ccccc12. The van der Waals surface area contributed by atoms with Gasteiger partial charge < -0.3 is 0 Å². The minimum atomic E-state index is -0.465. The van der Waals surface area contributed by atoms with Crippen LogP contribution in [-0.4, -0.2) is 21.0 Å². The third-order valence-electron chi connectivity index (χ3n) is 3.98. The molecule has 0 fully saturated rings. The maximum absolute atomic E-state index is 12.7. The maximum Gasteiger partial charge on any atom is 0.270 e. The van der Waals surface area contributed by atoms with Gasteiger partial charge in [0, 0.05) is 23.3 Å². The van der Waals surface area contributed by atoms with E-state index < -0.39 is 4.92 Å². The fourth-order valence-corrected chi connectivity index (χ4v) is 3.47.